The van der Waals surface area contributed by atoms with Crippen molar-refractivity contribution >= 4 is 38.9 Å². The second-order valence-electron chi connectivity index (χ2n) is 4.19. The summed E-state index contributed by atoms with van der Waals surface area (Å²) in [5.41, 5.74) is 0.587. The molecule has 1 aromatic carbocycles. The van der Waals surface area contributed by atoms with E-state index in [1.54, 1.807) is 23.5 Å². The van der Waals surface area contributed by atoms with Crippen LogP contribution in [0.2, 0.25) is 5.02 Å². The summed E-state index contributed by atoms with van der Waals surface area (Å²) in [7, 11) is 0. The molecule has 0 aliphatic carbocycles. The fourth-order valence-electron chi connectivity index (χ4n) is 1.88. The van der Waals surface area contributed by atoms with E-state index in [-0.39, 0.29) is 11.9 Å². The average molecular weight is 363 g/mol. The second kappa shape index (κ2) is 6.84. The van der Waals surface area contributed by atoms with Crippen LogP contribution in [0.25, 0.3) is 0 Å². The van der Waals surface area contributed by atoms with Crippen molar-refractivity contribution < 1.29 is 4.39 Å². The van der Waals surface area contributed by atoms with Crippen LogP contribution in [-0.2, 0) is 0 Å². The molecule has 0 aliphatic rings. The summed E-state index contributed by atoms with van der Waals surface area (Å²) in [4.78, 5) is 1.06. The highest BCUT2D eigenvalue weighted by Crippen LogP contribution is 2.35. The van der Waals surface area contributed by atoms with E-state index in [0.717, 1.165) is 22.3 Å². The molecule has 1 heterocycles. The Morgan fingerprint density at radius 2 is 2.21 bits per heavy atom. The predicted molar refractivity (Wildman–Crippen MR) is 83.6 cm³/mol. The Bertz CT molecular complexity index is 558. The predicted octanol–water partition coefficient (Wildman–Crippen LogP) is 5.39. The average Bonchev–Trinajstić information content (AvgIpc) is 2.80. The highest BCUT2D eigenvalue weighted by molar-refractivity contribution is 9.10. The number of nitrogens with one attached hydrogen (secondary N) is 1. The molecule has 0 spiro atoms. The Kier molecular flexibility index (Phi) is 5.39. The zero-order chi connectivity index (χ0) is 13.8. The van der Waals surface area contributed by atoms with E-state index in [1.807, 2.05) is 11.4 Å². The third-order valence-corrected chi connectivity index (χ3v) is 4.95. The minimum Gasteiger partial charge on any atom is -0.305 e. The lowest BCUT2D eigenvalue weighted by atomic mass is 10.0. The van der Waals surface area contributed by atoms with Gasteiger partial charge in [0.1, 0.15) is 5.82 Å². The van der Waals surface area contributed by atoms with Crippen LogP contribution in [0.5, 0.6) is 0 Å². The van der Waals surface area contributed by atoms with Crippen LogP contribution in [0, 0.1) is 5.82 Å². The van der Waals surface area contributed by atoms with Gasteiger partial charge < -0.3 is 5.32 Å². The number of thiophene rings is 1. The molecule has 1 atom stereocenters. The van der Waals surface area contributed by atoms with Gasteiger partial charge in [-0.3, -0.25) is 0 Å². The van der Waals surface area contributed by atoms with Crippen LogP contribution in [0.3, 0.4) is 0 Å². The fraction of sp³-hybridized carbons (Fsp3) is 0.286. The number of halogens is 3. The van der Waals surface area contributed by atoms with Gasteiger partial charge in [-0.25, -0.2) is 4.39 Å². The molecule has 0 saturated carbocycles. The maximum Gasteiger partial charge on any atom is 0.128 e. The van der Waals surface area contributed by atoms with Gasteiger partial charge >= 0.3 is 0 Å². The Balaban J connectivity index is 2.42. The highest BCUT2D eigenvalue weighted by Gasteiger charge is 2.21. The van der Waals surface area contributed by atoms with E-state index in [9.17, 15) is 4.39 Å². The molecule has 1 aromatic heterocycles. The quantitative estimate of drug-likeness (QED) is 0.751. The van der Waals surface area contributed by atoms with Crippen LogP contribution in [0.1, 0.15) is 29.8 Å². The smallest absolute Gasteiger partial charge is 0.128 e. The van der Waals surface area contributed by atoms with Crippen molar-refractivity contribution in [3.63, 3.8) is 0 Å². The summed E-state index contributed by atoms with van der Waals surface area (Å²) in [5.74, 6) is -0.238. The lowest BCUT2D eigenvalue weighted by Crippen LogP contribution is -2.23. The van der Waals surface area contributed by atoms with Crippen molar-refractivity contribution in [1.82, 2.24) is 5.32 Å². The molecule has 2 rings (SSSR count). The molecule has 102 valence electrons. The number of hydrogen-bond donors (Lipinski definition) is 1. The molecule has 0 aliphatic heterocycles. The molecule has 5 heteroatoms. The molecule has 1 unspecified atom stereocenters. The zero-order valence-corrected chi connectivity index (χ0v) is 13.6. The second-order valence-corrected chi connectivity index (χ2v) is 6.42. The van der Waals surface area contributed by atoms with E-state index in [0.29, 0.717) is 10.6 Å². The summed E-state index contributed by atoms with van der Waals surface area (Å²) in [6.45, 7) is 2.91. The molecule has 2 aromatic rings. The van der Waals surface area contributed by atoms with Gasteiger partial charge in [0, 0.05) is 19.9 Å². The van der Waals surface area contributed by atoms with Crippen LogP contribution in [-0.4, -0.2) is 6.54 Å². The molecule has 0 bridgehead atoms. The van der Waals surface area contributed by atoms with Gasteiger partial charge in [-0.05, 0) is 58.5 Å². The highest BCUT2D eigenvalue weighted by atomic mass is 79.9. The van der Waals surface area contributed by atoms with Gasteiger partial charge in [0.25, 0.3) is 0 Å². The molecule has 0 radical (unpaired) electrons. The topological polar surface area (TPSA) is 12.0 Å². The molecule has 0 amide bonds. The van der Waals surface area contributed by atoms with E-state index >= 15 is 0 Å². The van der Waals surface area contributed by atoms with Crippen LogP contribution < -0.4 is 5.32 Å². The SMILES string of the molecule is CCCNC(c1cc(Cl)ccc1F)c1sccc1Br. The van der Waals surface area contributed by atoms with Crippen LogP contribution >= 0.6 is 38.9 Å². The van der Waals surface area contributed by atoms with Gasteiger partial charge in [0.15, 0.2) is 0 Å². The number of benzene rings is 1. The largest absolute Gasteiger partial charge is 0.305 e. The molecular weight excluding hydrogens is 349 g/mol. The first-order chi connectivity index (χ1) is 9.13. The first-order valence-electron chi connectivity index (χ1n) is 6.04. The molecule has 1 N–H and O–H groups in total. The Morgan fingerprint density at radius 3 is 2.84 bits per heavy atom. The van der Waals surface area contributed by atoms with Gasteiger partial charge in [-0.1, -0.05) is 18.5 Å². The van der Waals surface area contributed by atoms with Crippen molar-refractivity contribution in [2.75, 3.05) is 6.54 Å². The van der Waals surface area contributed by atoms with E-state index in [4.69, 9.17) is 11.6 Å². The van der Waals surface area contributed by atoms with E-state index < -0.39 is 0 Å². The zero-order valence-electron chi connectivity index (χ0n) is 10.4. The molecule has 1 nitrogen and oxygen atoms in total. The summed E-state index contributed by atoms with van der Waals surface area (Å²) in [6, 6.07) is 6.48. The molecule has 0 saturated heterocycles. The van der Waals surface area contributed by atoms with Crippen molar-refractivity contribution in [3.8, 4) is 0 Å². The summed E-state index contributed by atoms with van der Waals surface area (Å²) < 4.78 is 15.1. The number of hydrogen-bond acceptors (Lipinski definition) is 2. The lowest BCUT2D eigenvalue weighted by molar-refractivity contribution is 0.550. The Morgan fingerprint density at radius 1 is 1.42 bits per heavy atom. The van der Waals surface area contributed by atoms with Crippen molar-refractivity contribution in [1.29, 1.82) is 0 Å². The lowest BCUT2D eigenvalue weighted by Gasteiger charge is -2.19. The van der Waals surface area contributed by atoms with E-state index in [2.05, 4.69) is 28.2 Å². The first-order valence-corrected chi connectivity index (χ1v) is 8.09. The van der Waals surface area contributed by atoms with Crippen LogP contribution in [0.4, 0.5) is 4.39 Å². The van der Waals surface area contributed by atoms with Gasteiger partial charge in [0.2, 0.25) is 0 Å². The molecule has 19 heavy (non-hydrogen) atoms. The van der Waals surface area contributed by atoms with Crippen LogP contribution in [0.15, 0.2) is 34.1 Å². The summed E-state index contributed by atoms with van der Waals surface area (Å²) in [6.07, 6.45) is 0.988. The van der Waals surface area contributed by atoms with Gasteiger partial charge in [0.05, 0.1) is 6.04 Å². The monoisotopic (exact) mass is 361 g/mol. The maximum absolute atomic E-state index is 14.1. The van der Waals surface area contributed by atoms with Gasteiger partial charge in [-0.2, -0.15) is 0 Å². The fourth-order valence-corrected chi connectivity index (χ4v) is 3.75. The first kappa shape index (κ1) is 15.0. The minimum absolute atomic E-state index is 0.173. The summed E-state index contributed by atoms with van der Waals surface area (Å²) >= 11 is 11.1. The standard InChI is InChI=1S/C14H14BrClFNS/c1-2-6-18-13(14-11(15)5-7-19-14)10-8-9(16)3-4-12(10)17/h3-5,7-8,13,18H,2,6H2,1H3. The van der Waals surface area contributed by atoms with Crippen molar-refractivity contribution in [2.45, 2.75) is 19.4 Å². The third kappa shape index (κ3) is 3.57. The number of rotatable bonds is 5. The summed E-state index contributed by atoms with van der Waals surface area (Å²) in [5, 5.41) is 5.92. The Labute approximate surface area is 129 Å². The normalized spacial score (nSPS) is 12.6. The van der Waals surface area contributed by atoms with Gasteiger partial charge in [-0.15, -0.1) is 11.3 Å². The molecule has 0 fully saturated rings. The molecular formula is C14H14BrClFNS. The maximum atomic E-state index is 14.1. The van der Waals surface area contributed by atoms with Crippen molar-refractivity contribution in [3.05, 3.63) is 55.4 Å². The minimum atomic E-state index is -0.238. The third-order valence-electron chi connectivity index (χ3n) is 2.77. The van der Waals surface area contributed by atoms with E-state index in [1.165, 1.54) is 6.07 Å². The Hall–Kier alpha value is -0.420. The van der Waals surface area contributed by atoms with Crippen molar-refractivity contribution in [2.24, 2.45) is 0 Å².